The summed E-state index contributed by atoms with van der Waals surface area (Å²) in [6.45, 7) is 6.36. The minimum absolute atomic E-state index is 0.361. The molecule has 1 saturated heterocycles. The molecule has 80 valence electrons. The number of morpholine rings is 1. The number of aliphatic hydroxyl groups excluding tert-OH is 1. The van der Waals surface area contributed by atoms with Crippen LogP contribution in [0.2, 0.25) is 0 Å². The van der Waals surface area contributed by atoms with Gasteiger partial charge in [0.1, 0.15) is 0 Å². The smallest absolute Gasteiger partial charge is 0.0591 e. The fourth-order valence-electron chi connectivity index (χ4n) is 1.05. The van der Waals surface area contributed by atoms with Gasteiger partial charge in [0.05, 0.1) is 13.2 Å². The maximum absolute atomic E-state index is 8.29. The topological polar surface area (TPSA) is 41.5 Å². The molecule has 0 atom stereocenters. The SMILES string of the molecule is C1COCCN1.CCCCCCO. The highest BCUT2D eigenvalue weighted by Gasteiger charge is 1.92. The van der Waals surface area contributed by atoms with Gasteiger partial charge in [-0.1, -0.05) is 26.2 Å². The van der Waals surface area contributed by atoms with Crippen LogP contribution in [0, 0.1) is 0 Å². The van der Waals surface area contributed by atoms with Crippen LogP contribution in [0.25, 0.3) is 0 Å². The predicted molar refractivity (Wildman–Crippen MR) is 54.9 cm³/mol. The van der Waals surface area contributed by atoms with E-state index in [-0.39, 0.29) is 0 Å². The number of nitrogens with one attached hydrogen (secondary N) is 1. The number of aliphatic hydroxyl groups is 1. The third-order valence-corrected chi connectivity index (χ3v) is 1.86. The molecule has 0 bridgehead atoms. The van der Waals surface area contributed by atoms with E-state index in [1.54, 1.807) is 0 Å². The van der Waals surface area contributed by atoms with Crippen LogP contribution in [-0.4, -0.2) is 38.0 Å². The van der Waals surface area contributed by atoms with Crippen LogP contribution < -0.4 is 5.32 Å². The number of rotatable bonds is 4. The van der Waals surface area contributed by atoms with Crippen LogP contribution in [0.1, 0.15) is 32.6 Å². The van der Waals surface area contributed by atoms with Gasteiger partial charge in [-0.2, -0.15) is 0 Å². The van der Waals surface area contributed by atoms with Crippen molar-refractivity contribution in [3.05, 3.63) is 0 Å². The van der Waals surface area contributed by atoms with Crippen LogP contribution in [0.3, 0.4) is 0 Å². The predicted octanol–water partition coefficient (Wildman–Crippen LogP) is 1.17. The Hall–Kier alpha value is -0.120. The van der Waals surface area contributed by atoms with E-state index >= 15 is 0 Å². The molecule has 3 heteroatoms. The normalized spacial score (nSPS) is 16.2. The van der Waals surface area contributed by atoms with Gasteiger partial charge in [-0.05, 0) is 6.42 Å². The van der Waals surface area contributed by atoms with Crippen molar-refractivity contribution in [3.8, 4) is 0 Å². The van der Waals surface area contributed by atoms with Crippen molar-refractivity contribution >= 4 is 0 Å². The van der Waals surface area contributed by atoms with Gasteiger partial charge in [0.2, 0.25) is 0 Å². The van der Waals surface area contributed by atoms with Gasteiger partial charge in [-0.3, -0.25) is 0 Å². The van der Waals surface area contributed by atoms with Crippen molar-refractivity contribution in [3.63, 3.8) is 0 Å². The molecule has 0 unspecified atom stereocenters. The molecule has 1 rings (SSSR count). The van der Waals surface area contributed by atoms with Crippen molar-refractivity contribution in [2.75, 3.05) is 32.9 Å². The Morgan fingerprint density at radius 3 is 2.15 bits per heavy atom. The van der Waals surface area contributed by atoms with Gasteiger partial charge in [-0.15, -0.1) is 0 Å². The zero-order chi connectivity index (χ0) is 9.78. The lowest BCUT2D eigenvalue weighted by Gasteiger charge is -2.10. The van der Waals surface area contributed by atoms with Crippen LogP contribution in [0.15, 0.2) is 0 Å². The molecule has 13 heavy (non-hydrogen) atoms. The van der Waals surface area contributed by atoms with Crippen molar-refractivity contribution < 1.29 is 9.84 Å². The average molecular weight is 189 g/mol. The minimum Gasteiger partial charge on any atom is -0.396 e. The Balaban J connectivity index is 0.000000223. The number of unbranched alkanes of at least 4 members (excludes halogenated alkanes) is 3. The van der Waals surface area contributed by atoms with Crippen LogP contribution in [0.5, 0.6) is 0 Å². The van der Waals surface area contributed by atoms with E-state index in [4.69, 9.17) is 9.84 Å². The first-order valence-corrected chi connectivity index (χ1v) is 5.31. The summed E-state index contributed by atoms with van der Waals surface area (Å²) in [7, 11) is 0. The average Bonchev–Trinajstić information content (AvgIpc) is 2.22. The molecule has 3 nitrogen and oxygen atoms in total. The van der Waals surface area contributed by atoms with Crippen molar-refractivity contribution in [2.24, 2.45) is 0 Å². The van der Waals surface area contributed by atoms with Crippen LogP contribution >= 0.6 is 0 Å². The minimum atomic E-state index is 0.361. The van der Waals surface area contributed by atoms with E-state index in [1.807, 2.05) is 0 Å². The highest BCUT2D eigenvalue weighted by Crippen LogP contribution is 1.96. The molecule has 0 amide bonds. The zero-order valence-electron chi connectivity index (χ0n) is 8.72. The summed E-state index contributed by atoms with van der Waals surface area (Å²) in [6.07, 6.45) is 4.68. The second-order valence-electron chi connectivity index (χ2n) is 3.15. The summed E-state index contributed by atoms with van der Waals surface area (Å²) in [6, 6.07) is 0. The second-order valence-corrected chi connectivity index (χ2v) is 3.15. The number of hydrogen-bond acceptors (Lipinski definition) is 3. The Morgan fingerprint density at radius 2 is 1.85 bits per heavy atom. The molecule has 1 aliphatic heterocycles. The monoisotopic (exact) mass is 189 g/mol. The Labute approximate surface area is 81.5 Å². The fraction of sp³-hybridized carbons (Fsp3) is 1.00. The van der Waals surface area contributed by atoms with Gasteiger partial charge >= 0.3 is 0 Å². The van der Waals surface area contributed by atoms with E-state index in [9.17, 15) is 0 Å². The number of hydrogen-bond donors (Lipinski definition) is 2. The second kappa shape index (κ2) is 11.9. The fourth-order valence-corrected chi connectivity index (χ4v) is 1.05. The molecule has 0 aromatic rings. The van der Waals surface area contributed by atoms with Crippen molar-refractivity contribution in [2.45, 2.75) is 32.6 Å². The first-order chi connectivity index (χ1) is 6.41. The van der Waals surface area contributed by atoms with Crippen molar-refractivity contribution in [1.29, 1.82) is 0 Å². The molecule has 1 heterocycles. The first kappa shape index (κ1) is 12.9. The van der Waals surface area contributed by atoms with E-state index in [0.29, 0.717) is 6.61 Å². The summed E-state index contributed by atoms with van der Waals surface area (Å²) < 4.78 is 5.01. The van der Waals surface area contributed by atoms with E-state index in [2.05, 4.69) is 12.2 Å². The highest BCUT2D eigenvalue weighted by atomic mass is 16.5. The van der Waals surface area contributed by atoms with E-state index in [0.717, 1.165) is 32.7 Å². The molecular weight excluding hydrogens is 166 g/mol. The van der Waals surface area contributed by atoms with Gasteiger partial charge < -0.3 is 15.2 Å². The summed E-state index contributed by atoms with van der Waals surface area (Å²) in [4.78, 5) is 0. The Bertz CT molecular complexity index is 69.5. The van der Waals surface area contributed by atoms with Crippen LogP contribution in [-0.2, 0) is 4.74 Å². The van der Waals surface area contributed by atoms with Gasteiger partial charge in [0.15, 0.2) is 0 Å². The largest absolute Gasteiger partial charge is 0.396 e. The summed E-state index contributed by atoms with van der Waals surface area (Å²) in [5.41, 5.74) is 0. The third-order valence-electron chi connectivity index (χ3n) is 1.86. The lowest BCUT2D eigenvalue weighted by atomic mass is 10.2. The molecule has 1 aliphatic rings. The molecule has 0 aromatic heterocycles. The summed E-state index contributed by atoms with van der Waals surface area (Å²) >= 11 is 0. The maximum Gasteiger partial charge on any atom is 0.0591 e. The molecule has 0 spiro atoms. The zero-order valence-corrected chi connectivity index (χ0v) is 8.72. The molecular formula is C10H23NO2. The molecule has 0 radical (unpaired) electrons. The summed E-state index contributed by atoms with van der Waals surface area (Å²) in [5.74, 6) is 0. The van der Waals surface area contributed by atoms with Gasteiger partial charge in [0.25, 0.3) is 0 Å². The lowest BCUT2D eigenvalue weighted by Crippen LogP contribution is -2.30. The molecule has 0 saturated carbocycles. The molecule has 2 N–H and O–H groups in total. The molecule has 1 fully saturated rings. The molecule has 0 aliphatic carbocycles. The molecule has 0 aromatic carbocycles. The maximum atomic E-state index is 8.29. The summed E-state index contributed by atoms with van der Waals surface area (Å²) in [5, 5.41) is 11.5. The number of ether oxygens (including phenoxy) is 1. The van der Waals surface area contributed by atoms with E-state index in [1.165, 1.54) is 19.3 Å². The van der Waals surface area contributed by atoms with Crippen LogP contribution in [0.4, 0.5) is 0 Å². The standard InChI is InChI=1S/C6H14O.C4H9NO/c1-2-3-4-5-6-7;1-3-6-4-2-5-1/h7H,2-6H2,1H3;5H,1-4H2. The highest BCUT2D eigenvalue weighted by molar-refractivity contribution is 4.49. The Morgan fingerprint density at radius 1 is 1.15 bits per heavy atom. The van der Waals surface area contributed by atoms with E-state index < -0.39 is 0 Å². The van der Waals surface area contributed by atoms with Gasteiger partial charge in [-0.25, -0.2) is 0 Å². The first-order valence-electron chi connectivity index (χ1n) is 5.31. The van der Waals surface area contributed by atoms with Gasteiger partial charge in [0, 0.05) is 19.7 Å². The Kier molecular flexibility index (Phi) is 11.8. The quantitative estimate of drug-likeness (QED) is 0.652. The lowest BCUT2D eigenvalue weighted by molar-refractivity contribution is 0.109. The third kappa shape index (κ3) is 11.9. The van der Waals surface area contributed by atoms with Crippen molar-refractivity contribution in [1.82, 2.24) is 5.32 Å².